The van der Waals surface area contributed by atoms with Crippen molar-refractivity contribution in [3.05, 3.63) is 65.5 Å². The number of benzene rings is 2. The third kappa shape index (κ3) is 5.79. The molecule has 0 spiro atoms. The lowest BCUT2D eigenvalue weighted by atomic mass is 10.1. The van der Waals surface area contributed by atoms with Crippen molar-refractivity contribution < 1.29 is 17.6 Å². The Morgan fingerprint density at radius 1 is 0.926 bits per heavy atom. The Bertz CT molecular complexity index is 874. The topological polar surface area (TPSA) is 66.5 Å². The number of likely N-dealkylation sites (tertiary alicyclic amines) is 1. The van der Waals surface area contributed by atoms with Gasteiger partial charge in [-0.05, 0) is 54.7 Å². The maximum Gasteiger partial charge on any atom is 0.236 e. The number of anilines is 1. The Hall–Kier alpha value is -2.41. The van der Waals surface area contributed by atoms with Gasteiger partial charge in [0.05, 0.1) is 12.2 Å². The summed E-state index contributed by atoms with van der Waals surface area (Å²) < 4.78 is 39.9. The Labute approximate surface area is 159 Å². The first-order chi connectivity index (χ1) is 12.9. The van der Waals surface area contributed by atoms with Gasteiger partial charge in [0.15, 0.2) is 0 Å². The molecular formula is C20H23FN2O3S. The highest BCUT2D eigenvalue weighted by Gasteiger charge is 2.17. The fraction of sp³-hybridized carbons (Fsp3) is 0.350. The molecule has 27 heavy (non-hydrogen) atoms. The van der Waals surface area contributed by atoms with Crippen LogP contribution in [0.25, 0.3) is 0 Å². The minimum Gasteiger partial charge on any atom is -0.342 e. The summed E-state index contributed by atoms with van der Waals surface area (Å²) in [7, 11) is -3.60. The normalized spacial score (nSPS) is 14.8. The number of piperidine rings is 1. The third-order valence-corrected chi connectivity index (χ3v) is 5.82. The minimum absolute atomic E-state index is 0.111. The van der Waals surface area contributed by atoms with E-state index in [2.05, 4.69) is 4.72 Å². The van der Waals surface area contributed by atoms with Crippen molar-refractivity contribution >= 4 is 21.6 Å². The molecule has 144 valence electrons. The van der Waals surface area contributed by atoms with Crippen LogP contribution in [0.4, 0.5) is 10.1 Å². The van der Waals surface area contributed by atoms with Crippen molar-refractivity contribution in [2.75, 3.05) is 17.8 Å². The first-order valence-corrected chi connectivity index (χ1v) is 10.7. The molecule has 0 aromatic heterocycles. The molecule has 1 fully saturated rings. The summed E-state index contributed by atoms with van der Waals surface area (Å²) in [5, 5.41) is 0. The summed E-state index contributed by atoms with van der Waals surface area (Å²) in [4.78, 5) is 14.2. The highest BCUT2D eigenvalue weighted by molar-refractivity contribution is 7.91. The van der Waals surface area contributed by atoms with Crippen molar-refractivity contribution in [2.45, 2.75) is 31.4 Å². The molecule has 1 N–H and O–H groups in total. The second kappa shape index (κ2) is 8.52. The van der Waals surface area contributed by atoms with E-state index in [0.29, 0.717) is 17.7 Å². The number of carbonyl (C=O) groups is 1. The molecule has 7 heteroatoms. The van der Waals surface area contributed by atoms with Crippen LogP contribution in [-0.2, 0) is 27.0 Å². The summed E-state index contributed by atoms with van der Waals surface area (Å²) in [5.41, 5.74) is 1.80. The van der Waals surface area contributed by atoms with Crippen molar-refractivity contribution in [1.29, 1.82) is 0 Å². The number of rotatable bonds is 6. The fourth-order valence-electron chi connectivity index (χ4n) is 3.14. The number of nitrogens with one attached hydrogen (secondary N) is 1. The molecule has 1 saturated heterocycles. The van der Waals surface area contributed by atoms with Gasteiger partial charge in [-0.1, -0.05) is 24.3 Å². The fourth-order valence-corrected chi connectivity index (χ4v) is 4.33. The van der Waals surface area contributed by atoms with Gasteiger partial charge in [0.2, 0.25) is 15.9 Å². The van der Waals surface area contributed by atoms with Crippen LogP contribution in [0, 0.1) is 5.82 Å². The van der Waals surface area contributed by atoms with Gasteiger partial charge in [-0.3, -0.25) is 9.52 Å². The zero-order valence-electron chi connectivity index (χ0n) is 15.0. The van der Waals surface area contributed by atoms with Crippen LogP contribution >= 0.6 is 0 Å². The maximum atomic E-state index is 12.9. The van der Waals surface area contributed by atoms with Crippen LogP contribution in [0.1, 0.15) is 30.4 Å². The molecule has 0 aliphatic carbocycles. The van der Waals surface area contributed by atoms with Crippen LogP contribution in [0.3, 0.4) is 0 Å². The lowest BCUT2D eigenvalue weighted by Crippen LogP contribution is -2.36. The van der Waals surface area contributed by atoms with Crippen molar-refractivity contribution in [3.8, 4) is 0 Å². The number of hydrogen-bond acceptors (Lipinski definition) is 3. The lowest BCUT2D eigenvalue weighted by Gasteiger charge is -2.26. The van der Waals surface area contributed by atoms with Crippen LogP contribution < -0.4 is 4.72 Å². The number of hydrogen-bond donors (Lipinski definition) is 1. The predicted octanol–water partition coefficient (Wildman–Crippen LogP) is 3.32. The van der Waals surface area contributed by atoms with E-state index < -0.39 is 15.8 Å². The van der Waals surface area contributed by atoms with E-state index in [0.717, 1.165) is 31.5 Å². The molecule has 2 aromatic carbocycles. The molecule has 1 amide bonds. The molecule has 5 nitrogen and oxygen atoms in total. The monoisotopic (exact) mass is 390 g/mol. The molecule has 2 aromatic rings. The third-order valence-electron chi connectivity index (χ3n) is 4.56. The van der Waals surface area contributed by atoms with Crippen LogP contribution in [0.5, 0.6) is 0 Å². The molecule has 1 aliphatic rings. The Balaban J connectivity index is 1.57. The van der Waals surface area contributed by atoms with Crippen LogP contribution in [-0.4, -0.2) is 32.3 Å². The highest BCUT2D eigenvalue weighted by Crippen LogP contribution is 2.16. The second-order valence-electron chi connectivity index (χ2n) is 6.80. The van der Waals surface area contributed by atoms with Crippen LogP contribution in [0.2, 0.25) is 0 Å². The molecule has 0 bridgehead atoms. The number of nitrogens with zero attached hydrogens (tertiary/aromatic N) is 1. The van der Waals surface area contributed by atoms with Gasteiger partial charge in [-0.25, -0.2) is 12.8 Å². The van der Waals surface area contributed by atoms with Crippen molar-refractivity contribution in [2.24, 2.45) is 0 Å². The van der Waals surface area contributed by atoms with E-state index in [4.69, 9.17) is 0 Å². The van der Waals surface area contributed by atoms with Gasteiger partial charge >= 0.3 is 0 Å². The first kappa shape index (κ1) is 19.4. The molecule has 0 saturated carbocycles. The Morgan fingerprint density at radius 2 is 1.52 bits per heavy atom. The van der Waals surface area contributed by atoms with E-state index in [-0.39, 0.29) is 11.7 Å². The summed E-state index contributed by atoms with van der Waals surface area (Å²) in [6.45, 7) is 1.64. The van der Waals surface area contributed by atoms with E-state index in [1.54, 1.807) is 24.3 Å². The minimum atomic E-state index is -3.60. The van der Waals surface area contributed by atoms with Crippen molar-refractivity contribution in [1.82, 2.24) is 4.90 Å². The molecular weight excluding hydrogens is 367 g/mol. The smallest absolute Gasteiger partial charge is 0.236 e. The quantitative estimate of drug-likeness (QED) is 0.823. The largest absolute Gasteiger partial charge is 0.342 e. The summed E-state index contributed by atoms with van der Waals surface area (Å²) in [6.07, 6.45) is 3.61. The Kier molecular flexibility index (Phi) is 6.11. The molecule has 3 rings (SSSR count). The summed E-state index contributed by atoms with van der Waals surface area (Å²) in [6, 6.07) is 12.2. The zero-order valence-corrected chi connectivity index (χ0v) is 15.8. The summed E-state index contributed by atoms with van der Waals surface area (Å²) >= 11 is 0. The number of halogens is 1. The van der Waals surface area contributed by atoms with Gasteiger partial charge in [-0.2, -0.15) is 0 Å². The average Bonchev–Trinajstić information content (AvgIpc) is 2.65. The number of carbonyl (C=O) groups excluding carboxylic acids is 1. The van der Waals surface area contributed by atoms with Gasteiger partial charge in [0, 0.05) is 18.8 Å². The van der Waals surface area contributed by atoms with Gasteiger partial charge in [-0.15, -0.1) is 0 Å². The molecule has 1 aliphatic heterocycles. The number of sulfonamides is 1. The zero-order chi connectivity index (χ0) is 19.3. The predicted molar refractivity (Wildman–Crippen MR) is 103 cm³/mol. The number of amides is 1. The van der Waals surface area contributed by atoms with Crippen LogP contribution in [0.15, 0.2) is 48.5 Å². The molecule has 0 unspecified atom stereocenters. The first-order valence-electron chi connectivity index (χ1n) is 9.03. The molecule has 0 atom stereocenters. The Morgan fingerprint density at radius 3 is 2.15 bits per heavy atom. The van der Waals surface area contributed by atoms with E-state index >= 15 is 0 Å². The van der Waals surface area contributed by atoms with E-state index in [1.165, 1.54) is 30.7 Å². The molecule has 0 radical (unpaired) electrons. The lowest BCUT2D eigenvalue weighted by molar-refractivity contribution is -0.131. The van der Waals surface area contributed by atoms with Gasteiger partial charge in [0.25, 0.3) is 0 Å². The maximum absolute atomic E-state index is 12.9. The van der Waals surface area contributed by atoms with E-state index in [9.17, 15) is 17.6 Å². The standard InChI is InChI=1S/C20H23FN2O3S/c21-18-8-4-17(5-9-18)15-27(25,26)22-19-10-6-16(7-11-19)14-20(24)23-12-2-1-3-13-23/h4-11,22H,1-3,12-15H2. The average molecular weight is 390 g/mol. The van der Waals surface area contributed by atoms with Gasteiger partial charge in [0.1, 0.15) is 5.82 Å². The molecule has 1 heterocycles. The highest BCUT2D eigenvalue weighted by atomic mass is 32.2. The van der Waals surface area contributed by atoms with Gasteiger partial charge < -0.3 is 4.90 Å². The van der Waals surface area contributed by atoms with Crippen molar-refractivity contribution in [3.63, 3.8) is 0 Å². The summed E-state index contributed by atoms with van der Waals surface area (Å²) in [5.74, 6) is -0.527. The SMILES string of the molecule is O=C(Cc1ccc(NS(=O)(=O)Cc2ccc(F)cc2)cc1)N1CCCCC1. The second-order valence-corrected chi connectivity index (χ2v) is 8.53. The van der Waals surface area contributed by atoms with E-state index in [1.807, 2.05) is 4.90 Å².